The molecule has 0 amide bonds. The summed E-state index contributed by atoms with van der Waals surface area (Å²) < 4.78 is 5.03. The molecule has 0 aliphatic rings. The Bertz CT molecular complexity index is 196. The molecule has 4 heteroatoms. The third-order valence-corrected chi connectivity index (χ3v) is 2.62. The molecule has 3 N–H and O–H groups in total. The summed E-state index contributed by atoms with van der Waals surface area (Å²) in [5, 5.41) is 9.27. The van der Waals surface area contributed by atoms with Crippen molar-refractivity contribution in [2.45, 2.75) is 46.1 Å². The minimum atomic E-state index is -0.609. The maximum atomic E-state index is 11.7. The fraction of sp³-hybridized carbons (Fsp3) is 0.909. The van der Waals surface area contributed by atoms with Crippen LogP contribution in [0.2, 0.25) is 0 Å². The van der Waals surface area contributed by atoms with Gasteiger partial charge >= 0.3 is 5.97 Å². The Balaban J connectivity index is 4.15. The van der Waals surface area contributed by atoms with Crippen LogP contribution in [0.15, 0.2) is 0 Å². The Morgan fingerprint density at radius 2 is 2.13 bits per heavy atom. The lowest BCUT2D eigenvalue weighted by Gasteiger charge is -2.25. The summed E-state index contributed by atoms with van der Waals surface area (Å²) in [6, 6.07) is 0. The molecule has 0 bridgehead atoms. The molecule has 0 spiro atoms. The minimum Gasteiger partial charge on any atom is -0.462 e. The van der Waals surface area contributed by atoms with E-state index in [0.29, 0.717) is 12.8 Å². The molecule has 0 radical (unpaired) electrons. The van der Waals surface area contributed by atoms with Crippen LogP contribution in [0.5, 0.6) is 0 Å². The quantitative estimate of drug-likeness (QED) is 0.626. The van der Waals surface area contributed by atoms with Crippen LogP contribution in [0, 0.1) is 5.41 Å². The highest BCUT2D eigenvalue weighted by molar-refractivity contribution is 5.76. The maximum absolute atomic E-state index is 11.7. The molecule has 90 valence electrons. The van der Waals surface area contributed by atoms with Gasteiger partial charge in [-0.05, 0) is 19.8 Å². The average molecular weight is 217 g/mol. The zero-order valence-electron chi connectivity index (χ0n) is 9.95. The first-order valence-corrected chi connectivity index (χ1v) is 5.55. The molecular formula is C11H23NO3. The van der Waals surface area contributed by atoms with Crippen molar-refractivity contribution >= 4 is 5.97 Å². The zero-order valence-corrected chi connectivity index (χ0v) is 9.95. The lowest BCUT2D eigenvalue weighted by Crippen LogP contribution is -2.38. The van der Waals surface area contributed by atoms with E-state index in [1.807, 2.05) is 13.8 Å². The number of aliphatic hydroxyl groups excluding tert-OH is 1. The predicted molar refractivity (Wildman–Crippen MR) is 59.3 cm³/mol. The van der Waals surface area contributed by atoms with Crippen LogP contribution in [-0.2, 0) is 9.53 Å². The number of ether oxygens (including phenoxy) is 1. The summed E-state index contributed by atoms with van der Waals surface area (Å²) in [6.07, 6.45) is 1.61. The third-order valence-electron chi connectivity index (χ3n) is 2.62. The van der Waals surface area contributed by atoms with Crippen molar-refractivity contribution in [3.8, 4) is 0 Å². The van der Waals surface area contributed by atoms with Gasteiger partial charge < -0.3 is 15.6 Å². The van der Waals surface area contributed by atoms with Crippen LogP contribution in [0.3, 0.4) is 0 Å². The summed E-state index contributed by atoms with van der Waals surface area (Å²) >= 11 is 0. The lowest BCUT2D eigenvalue weighted by atomic mass is 9.86. The standard InChI is InChI=1S/C11H23NO3/c1-4-6-11(3,8-12)10(14)15-7-9(13)5-2/h9,13H,4-8,12H2,1-3H3. The van der Waals surface area contributed by atoms with Crippen molar-refractivity contribution < 1.29 is 14.6 Å². The number of carbonyl (C=O) groups is 1. The molecule has 2 unspecified atom stereocenters. The second-order valence-corrected chi connectivity index (χ2v) is 4.18. The monoisotopic (exact) mass is 217 g/mol. The summed E-state index contributed by atoms with van der Waals surface area (Å²) in [5.41, 5.74) is 4.96. The molecule has 0 rings (SSSR count). The largest absolute Gasteiger partial charge is 0.462 e. The van der Waals surface area contributed by atoms with Gasteiger partial charge in [-0.15, -0.1) is 0 Å². The van der Waals surface area contributed by atoms with E-state index >= 15 is 0 Å². The van der Waals surface area contributed by atoms with Gasteiger partial charge in [-0.3, -0.25) is 4.79 Å². The van der Waals surface area contributed by atoms with E-state index in [9.17, 15) is 9.90 Å². The smallest absolute Gasteiger partial charge is 0.313 e. The molecule has 2 atom stereocenters. The molecule has 0 heterocycles. The van der Waals surface area contributed by atoms with Crippen molar-refractivity contribution in [2.75, 3.05) is 13.2 Å². The predicted octanol–water partition coefficient (Wildman–Crippen LogP) is 1.07. The fourth-order valence-corrected chi connectivity index (χ4v) is 1.30. The highest BCUT2D eigenvalue weighted by Crippen LogP contribution is 2.23. The summed E-state index contributed by atoms with van der Waals surface area (Å²) in [5.74, 6) is -0.306. The van der Waals surface area contributed by atoms with Crippen LogP contribution >= 0.6 is 0 Å². The van der Waals surface area contributed by atoms with Gasteiger partial charge in [0.15, 0.2) is 0 Å². The van der Waals surface area contributed by atoms with Crippen molar-refractivity contribution in [3.63, 3.8) is 0 Å². The Morgan fingerprint density at radius 1 is 1.53 bits per heavy atom. The van der Waals surface area contributed by atoms with E-state index < -0.39 is 11.5 Å². The molecule has 0 aromatic carbocycles. The SMILES string of the molecule is CCCC(C)(CN)C(=O)OCC(O)CC. The van der Waals surface area contributed by atoms with Gasteiger partial charge in [0.2, 0.25) is 0 Å². The Hall–Kier alpha value is -0.610. The molecule has 4 nitrogen and oxygen atoms in total. The van der Waals surface area contributed by atoms with Crippen LogP contribution in [0.25, 0.3) is 0 Å². The molecule has 15 heavy (non-hydrogen) atoms. The molecular weight excluding hydrogens is 194 g/mol. The molecule has 0 aromatic heterocycles. The van der Waals surface area contributed by atoms with Crippen molar-refractivity contribution in [3.05, 3.63) is 0 Å². The van der Waals surface area contributed by atoms with Crippen LogP contribution in [0.4, 0.5) is 0 Å². The van der Waals surface area contributed by atoms with Gasteiger partial charge in [0.05, 0.1) is 11.5 Å². The van der Waals surface area contributed by atoms with E-state index in [1.54, 1.807) is 6.92 Å². The number of aliphatic hydroxyl groups is 1. The zero-order chi connectivity index (χ0) is 11.9. The molecule has 0 aromatic rings. The second kappa shape index (κ2) is 6.80. The van der Waals surface area contributed by atoms with E-state index in [1.165, 1.54) is 0 Å². The third kappa shape index (κ3) is 4.62. The van der Waals surface area contributed by atoms with Gasteiger partial charge in [0.1, 0.15) is 6.61 Å². The number of carbonyl (C=O) groups excluding carboxylic acids is 1. The van der Waals surface area contributed by atoms with Gasteiger partial charge in [0.25, 0.3) is 0 Å². The number of esters is 1. The normalized spacial score (nSPS) is 16.9. The van der Waals surface area contributed by atoms with Gasteiger partial charge in [0, 0.05) is 6.54 Å². The molecule has 0 saturated heterocycles. The van der Waals surface area contributed by atoms with Crippen molar-refractivity contribution in [1.29, 1.82) is 0 Å². The number of rotatable bonds is 7. The first-order valence-electron chi connectivity index (χ1n) is 5.55. The van der Waals surface area contributed by atoms with Gasteiger partial charge in [-0.2, -0.15) is 0 Å². The number of nitrogens with two attached hydrogens (primary N) is 1. The average Bonchev–Trinajstić information content (AvgIpc) is 2.25. The Morgan fingerprint density at radius 3 is 2.53 bits per heavy atom. The maximum Gasteiger partial charge on any atom is 0.313 e. The first-order chi connectivity index (χ1) is 7.00. The highest BCUT2D eigenvalue weighted by Gasteiger charge is 2.32. The summed E-state index contributed by atoms with van der Waals surface area (Å²) in [6.45, 7) is 5.99. The lowest BCUT2D eigenvalue weighted by molar-refractivity contribution is -0.157. The fourth-order valence-electron chi connectivity index (χ4n) is 1.30. The Labute approximate surface area is 91.8 Å². The molecule has 0 aliphatic carbocycles. The van der Waals surface area contributed by atoms with Crippen LogP contribution < -0.4 is 5.73 Å². The summed E-state index contributed by atoms with van der Waals surface area (Å²) in [7, 11) is 0. The number of hydrogen-bond donors (Lipinski definition) is 2. The first kappa shape index (κ1) is 14.4. The molecule has 0 saturated carbocycles. The Kier molecular flexibility index (Phi) is 6.52. The van der Waals surface area contributed by atoms with Gasteiger partial charge in [-0.25, -0.2) is 0 Å². The van der Waals surface area contributed by atoms with Crippen LogP contribution in [0.1, 0.15) is 40.0 Å². The van der Waals surface area contributed by atoms with E-state index in [2.05, 4.69) is 0 Å². The van der Waals surface area contributed by atoms with Crippen molar-refractivity contribution in [1.82, 2.24) is 0 Å². The van der Waals surface area contributed by atoms with E-state index in [-0.39, 0.29) is 19.1 Å². The molecule has 0 aliphatic heterocycles. The number of hydrogen-bond acceptors (Lipinski definition) is 4. The summed E-state index contributed by atoms with van der Waals surface area (Å²) in [4.78, 5) is 11.7. The topological polar surface area (TPSA) is 72.6 Å². The van der Waals surface area contributed by atoms with E-state index in [4.69, 9.17) is 10.5 Å². The van der Waals surface area contributed by atoms with Crippen molar-refractivity contribution in [2.24, 2.45) is 11.1 Å². The van der Waals surface area contributed by atoms with Crippen LogP contribution in [-0.4, -0.2) is 30.3 Å². The van der Waals surface area contributed by atoms with E-state index in [0.717, 1.165) is 6.42 Å². The highest BCUT2D eigenvalue weighted by atomic mass is 16.5. The van der Waals surface area contributed by atoms with Gasteiger partial charge in [-0.1, -0.05) is 20.3 Å². The second-order valence-electron chi connectivity index (χ2n) is 4.18. The molecule has 0 fully saturated rings. The minimum absolute atomic E-state index is 0.0641.